The van der Waals surface area contributed by atoms with Gasteiger partial charge in [0.05, 0.1) is 4.90 Å². The van der Waals surface area contributed by atoms with E-state index in [1.54, 1.807) is 6.92 Å². The Kier molecular flexibility index (Phi) is 5.94. The molecule has 1 atom stereocenters. The molecule has 2 rings (SSSR count). The van der Waals surface area contributed by atoms with Crippen molar-refractivity contribution >= 4 is 22.4 Å². The molecule has 0 spiro atoms. The van der Waals surface area contributed by atoms with Crippen LogP contribution in [0.15, 0.2) is 23.1 Å². The Balaban J connectivity index is 0.00000200. The molecular weight excluding hydrogens is 303 g/mol. The van der Waals surface area contributed by atoms with Crippen molar-refractivity contribution in [1.82, 2.24) is 9.62 Å². The van der Waals surface area contributed by atoms with Crippen LogP contribution in [-0.2, 0) is 10.0 Å². The van der Waals surface area contributed by atoms with E-state index < -0.39 is 10.0 Å². The van der Waals surface area contributed by atoms with Crippen LogP contribution >= 0.6 is 12.4 Å². The van der Waals surface area contributed by atoms with Crippen LogP contribution in [0.2, 0.25) is 0 Å². The van der Waals surface area contributed by atoms with Gasteiger partial charge in [-0.05, 0) is 50.6 Å². The zero-order valence-electron chi connectivity index (χ0n) is 11.6. The van der Waals surface area contributed by atoms with E-state index in [9.17, 15) is 12.8 Å². The lowest BCUT2D eigenvalue weighted by Crippen LogP contribution is -2.40. The standard InChI is InChI=1S/C13H19FN2O2S.ClH/c1-10-8-12(5-6-13(10)14)19(17,18)16-7-3-4-11(16)9-15-2;/h5-6,8,11,15H,3-4,7,9H2,1-2H3;1H. The zero-order chi connectivity index (χ0) is 14.0. The van der Waals surface area contributed by atoms with Crippen LogP contribution < -0.4 is 5.32 Å². The highest BCUT2D eigenvalue weighted by atomic mass is 35.5. The molecule has 1 unspecified atom stereocenters. The van der Waals surface area contributed by atoms with Crippen molar-refractivity contribution in [2.24, 2.45) is 0 Å². The summed E-state index contributed by atoms with van der Waals surface area (Å²) in [5.74, 6) is -0.382. The molecule has 114 valence electrons. The van der Waals surface area contributed by atoms with Crippen LogP contribution in [0.1, 0.15) is 18.4 Å². The zero-order valence-corrected chi connectivity index (χ0v) is 13.2. The molecule has 0 aromatic heterocycles. The van der Waals surface area contributed by atoms with E-state index in [1.165, 1.54) is 22.5 Å². The Morgan fingerprint density at radius 3 is 2.75 bits per heavy atom. The van der Waals surface area contributed by atoms with E-state index in [1.807, 2.05) is 7.05 Å². The van der Waals surface area contributed by atoms with E-state index >= 15 is 0 Å². The third-order valence-electron chi connectivity index (χ3n) is 3.50. The van der Waals surface area contributed by atoms with Gasteiger partial charge in [-0.3, -0.25) is 0 Å². The first-order chi connectivity index (χ1) is 8.96. The van der Waals surface area contributed by atoms with Crippen LogP contribution in [0.4, 0.5) is 4.39 Å². The Bertz CT molecular complexity index is 565. The summed E-state index contributed by atoms with van der Waals surface area (Å²) in [4.78, 5) is 0.175. The third-order valence-corrected chi connectivity index (χ3v) is 5.45. The fourth-order valence-corrected chi connectivity index (χ4v) is 4.26. The first-order valence-corrected chi connectivity index (χ1v) is 7.83. The Morgan fingerprint density at radius 1 is 1.45 bits per heavy atom. The summed E-state index contributed by atoms with van der Waals surface area (Å²) in [5, 5.41) is 3.02. The lowest BCUT2D eigenvalue weighted by Gasteiger charge is -2.24. The van der Waals surface area contributed by atoms with Gasteiger partial charge in [-0.2, -0.15) is 4.31 Å². The molecule has 0 aliphatic carbocycles. The second-order valence-corrected chi connectivity index (χ2v) is 6.77. The summed E-state index contributed by atoms with van der Waals surface area (Å²) in [6.07, 6.45) is 1.73. The van der Waals surface area contributed by atoms with E-state index in [-0.39, 0.29) is 29.2 Å². The van der Waals surface area contributed by atoms with Gasteiger partial charge in [0, 0.05) is 19.1 Å². The number of benzene rings is 1. The summed E-state index contributed by atoms with van der Waals surface area (Å²) in [5.41, 5.74) is 0.352. The number of sulfonamides is 1. The Hall–Kier alpha value is -0.690. The van der Waals surface area contributed by atoms with Crippen LogP contribution in [-0.4, -0.2) is 38.9 Å². The smallest absolute Gasteiger partial charge is 0.243 e. The fraction of sp³-hybridized carbons (Fsp3) is 0.538. The van der Waals surface area contributed by atoms with Gasteiger partial charge < -0.3 is 5.32 Å². The van der Waals surface area contributed by atoms with E-state index in [4.69, 9.17) is 0 Å². The molecule has 0 bridgehead atoms. The molecule has 1 aromatic carbocycles. The van der Waals surface area contributed by atoms with Crippen LogP contribution in [0.3, 0.4) is 0 Å². The Labute approximate surface area is 125 Å². The lowest BCUT2D eigenvalue weighted by atomic mass is 10.2. The molecular formula is C13H20ClFN2O2S. The molecule has 0 saturated carbocycles. The average molecular weight is 323 g/mol. The van der Waals surface area contributed by atoms with E-state index in [0.717, 1.165) is 12.8 Å². The number of rotatable bonds is 4. The quantitative estimate of drug-likeness (QED) is 0.921. The molecule has 4 nitrogen and oxygen atoms in total. The number of nitrogens with zero attached hydrogens (tertiary/aromatic N) is 1. The Morgan fingerprint density at radius 2 is 2.15 bits per heavy atom. The third kappa shape index (κ3) is 3.31. The summed E-state index contributed by atoms with van der Waals surface area (Å²) in [7, 11) is -1.71. The second-order valence-electron chi connectivity index (χ2n) is 4.88. The molecule has 1 heterocycles. The van der Waals surface area contributed by atoms with Gasteiger partial charge in [0.2, 0.25) is 10.0 Å². The maximum Gasteiger partial charge on any atom is 0.243 e. The highest BCUT2D eigenvalue weighted by Crippen LogP contribution is 2.26. The molecule has 7 heteroatoms. The van der Waals surface area contributed by atoms with Gasteiger partial charge in [-0.15, -0.1) is 12.4 Å². The van der Waals surface area contributed by atoms with Crippen LogP contribution in [0.25, 0.3) is 0 Å². The van der Waals surface area contributed by atoms with E-state index in [2.05, 4.69) is 5.32 Å². The number of hydrogen-bond donors (Lipinski definition) is 1. The van der Waals surface area contributed by atoms with Crippen molar-refractivity contribution in [1.29, 1.82) is 0 Å². The predicted molar refractivity (Wildman–Crippen MR) is 79.2 cm³/mol. The summed E-state index contributed by atoms with van der Waals surface area (Å²) in [6.45, 7) is 2.74. The van der Waals surface area contributed by atoms with Gasteiger partial charge in [-0.1, -0.05) is 0 Å². The minimum absolute atomic E-state index is 0. The van der Waals surface area contributed by atoms with Crippen LogP contribution in [0, 0.1) is 12.7 Å². The predicted octanol–water partition coefficient (Wildman–Crippen LogP) is 1.93. The number of likely N-dealkylation sites (N-methyl/N-ethyl adjacent to an activating group) is 1. The fourth-order valence-electron chi connectivity index (χ4n) is 2.48. The molecule has 1 N–H and O–H groups in total. The molecule has 1 saturated heterocycles. The topological polar surface area (TPSA) is 49.4 Å². The first-order valence-electron chi connectivity index (χ1n) is 6.39. The summed E-state index contributed by atoms with van der Waals surface area (Å²) in [6, 6.07) is 3.94. The molecule has 0 radical (unpaired) electrons. The van der Waals surface area contributed by atoms with Crippen LogP contribution in [0.5, 0.6) is 0 Å². The van der Waals surface area contributed by atoms with Crippen molar-refractivity contribution in [2.45, 2.75) is 30.7 Å². The van der Waals surface area contributed by atoms with Gasteiger partial charge >= 0.3 is 0 Å². The maximum absolute atomic E-state index is 13.2. The summed E-state index contributed by atoms with van der Waals surface area (Å²) >= 11 is 0. The molecule has 1 fully saturated rings. The van der Waals surface area contributed by atoms with E-state index in [0.29, 0.717) is 18.7 Å². The second kappa shape index (κ2) is 6.85. The monoisotopic (exact) mass is 322 g/mol. The minimum Gasteiger partial charge on any atom is -0.318 e. The van der Waals surface area contributed by atoms with Crippen molar-refractivity contribution in [3.63, 3.8) is 0 Å². The SMILES string of the molecule is CNCC1CCCN1S(=O)(=O)c1ccc(F)c(C)c1.Cl. The van der Waals surface area contributed by atoms with Gasteiger partial charge in [-0.25, -0.2) is 12.8 Å². The molecule has 1 aliphatic rings. The molecule has 0 amide bonds. The number of hydrogen-bond acceptors (Lipinski definition) is 3. The van der Waals surface area contributed by atoms with Crippen molar-refractivity contribution in [3.8, 4) is 0 Å². The largest absolute Gasteiger partial charge is 0.318 e. The van der Waals surface area contributed by atoms with Crippen molar-refractivity contribution in [3.05, 3.63) is 29.6 Å². The molecule has 1 aliphatic heterocycles. The first kappa shape index (κ1) is 17.4. The number of halogens is 2. The van der Waals surface area contributed by atoms with Crippen molar-refractivity contribution in [2.75, 3.05) is 20.1 Å². The van der Waals surface area contributed by atoms with Crippen molar-refractivity contribution < 1.29 is 12.8 Å². The minimum atomic E-state index is -3.52. The van der Waals surface area contributed by atoms with Gasteiger partial charge in [0.25, 0.3) is 0 Å². The average Bonchev–Trinajstić information content (AvgIpc) is 2.82. The highest BCUT2D eigenvalue weighted by molar-refractivity contribution is 7.89. The maximum atomic E-state index is 13.2. The molecule has 1 aromatic rings. The summed E-state index contributed by atoms with van der Waals surface area (Å²) < 4.78 is 39.9. The van der Waals surface area contributed by atoms with Gasteiger partial charge in [0.1, 0.15) is 5.82 Å². The van der Waals surface area contributed by atoms with Gasteiger partial charge in [0.15, 0.2) is 0 Å². The number of nitrogens with one attached hydrogen (secondary N) is 1. The molecule has 20 heavy (non-hydrogen) atoms. The lowest BCUT2D eigenvalue weighted by molar-refractivity contribution is 0.379. The normalized spacial score (nSPS) is 19.9. The highest BCUT2D eigenvalue weighted by Gasteiger charge is 2.34. The number of aryl methyl sites for hydroxylation is 1.